The molecule has 112 valence electrons. The predicted molar refractivity (Wildman–Crippen MR) is 91.7 cm³/mol. The van der Waals surface area contributed by atoms with E-state index in [1.165, 1.54) is 6.42 Å². The van der Waals surface area contributed by atoms with Gasteiger partial charge in [-0.1, -0.05) is 44.2 Å². The first-order valence-electron chi connectivity index (χ1n) is 7.43. The van der Waals surface area contributed by atoms with Crippen molar-refractivity contribution in [3.63, 3.8) is 0 Å². The number of pyridine rings is 1. The van der Waals surface area contributed by atoms with Gasteiger partial charge < -0.3 is 4.74 Å². The van der Waals surface area contributed by atoms with E-state index in [9.17, 15) is 0 Å². The molecular weight excluding hydrogens is 326 g/mol. The molecule has 0 amide bonds. The molecule has 2 nitrogen and oxygen atoms in total. The van der Waals surface area contributed by atoms with E-state index in [4.69, 9.17) is 4.74 Å². The number of aromatic nitrogens is 1. The van der Waals surface area contributed by atoms with Gasteiger partial charge in [0.2, 0.25) is 5.88 Å². The van der Waals surface area contributed by atoms with Crippen LogP contribution in [0.3, 0.4) is 0 Å². The third-order valence-electron chi connectivity index (χ3n) is 3.35. The molecule has 0 atom stereocenters. The molecule has 0 saturated carbocycles. The van der Waals surface area contributed by atoms with Crippen LogP contribution in [0.15, 0.2) is 40.9 Å². The van der Waals surface area contributed by atoms with Crippen molar-refractivity contribution < 1.29 is 4.74 Å². The van der Waals surface area contributed by atoms with Crippen LogP contribution in [0.1, 0.15) is 32.3 Å². The van der Waals surface area contributed by atoms with Crippen molar-refractivity contribution in [2.75, 3.05) is 6.61 Å². The molecule has 0 saturated heterocycles. The van der Waals surface area contributed by atoms with Crippen molar-refractivity contribution in [3.8, 4) is 17.1 Å². The molecule has 0 aliphatic rings. The zero-order valence-electron chi connectivity index (χ0n) is 12.9. The van der Waals surface area contributed by atoms with Gasteiger partial charge in [0, 0.05) is 5.56 Å². The highest BCUT2D eigenvalue weighted by Gasteiger charge is 2.10. The van der Waals surface area contributed by atoms with Crippen molar-refractivity contribution in [1.29, 1.82) is 0 Å². The topological polar surface area (TPSA) is 22.1 Å². The van der Waals surface area contributed by atoms with Gasteiger partial charge in [0.15, 0.2) is 0 Å². The Kier molecular flexibility index (Phi) is 5.80. The Bertz CT molecular complexity index is 581. The average Bonchev–Trinajstić information content (AvgIpc) is 2.46. The van der Waals surface area contributed by atoms with Gasteiger partial charge >= 0.3 is 0 Å². The molecule has 1 aromatic carbocycles. The number of hydrogen-bond donors (Lipinski definition) is 0. The maximum Gasteiger partial charge on any atom is 0.228 e. The Balaban J connectivity index is 2.15. The van der Waals surface area contributed by atoms with Crippen LogP contribution < -0.4 is 4.74 Å². The standard InChI is InChI=1S/C18H22BrNO/c1-13(2)8-7-11-21-18-16(19)12-14(3)17(20-18)15-9-5-4-6-10-15/h4-6,9-10,12-13H,7-8,11H2,1-3H3. The first kappa shape index (κ1) is 16.0. The first-order valence-corrected chi connectivity index (χ1v) is 8.22. The van der Waals surface area contributed by atoms with E-state index in [1.807, 2.05) is 18.2 Å². The van der Waals surface area contributed by atoms with Crippen molar-refractivity contribution in [1.82, 2.24) is 4.98 Å². The van der Waals surface area contributed by atoms with E-state index in [0.717, 1.165) is 27.7 Å². The molecule has 1 heterocycles. The molecule has 0 bridgehead atoms. The number of rotatable bonds is 6. The van der Waals surface area contributed by atoms with Crippen LogP contribution in [0.25, 0.3) is 11.3 Å². The Labute approximate surface area is 135 Å². The Hall–Kier alpha value is -1.35. The molecule has 0 spiro atoms. The maximum absolute atomic E-state index is 5.85. The Morgan fingerprint density at radius 1 is 1.19 bits per heavy atom. The number of halogens is 1. The fourth-order valence-corrected chi connectivity index (χ4v) is 2.76. The number of nitrogens with zero attached hydrogens (tertiary/aromatic N) is 1. The second-order valence-corrected chi connectivity index (χ2v) is 6.55. The van der Waals surface area contributed by atoms with E-state index >= 15 is 0 Å². The van der Waals surface area contributed by atoms with Crippen LogP contribution in [0, 0.1) is 12.8 Å². The van der Waals surface area contributed by atoms with Crippen molar-refractivity contribution in [2.45, 2.75) is 33.6 Å². The summed E-state index contributed by atoms with van der Waals surface area (Å²) in [5, 5.41) is 0. The SMILES string of the molecule is Cc1cc(Br)c(OCCCC(C)C)nc1-c1ccccc1. The Morgan fingerprint density at radius 2 is 1.90 bits per heavy atom. The van der Waals surface area contributed by atoms with Gasteiger partial charge in [-0.05, 0) is 53.2 Å². The molecule has 1 aromatic heterocycles. The van der Waals surface area contributed by atoms with Crippen molar-refractivity contribution >= 4 is 15.9 Å². The highest BCUT2D eigenvalue weighted by atomic mass is 79.9. The minimum absolute atomic E-state index is 0.684. The summed E-state index contributed by atoms with van der Waals surface area (Å²) < 4.78 is 6.77. The van der Waals surface area contributed by atoms with Gasteiger partial charge in [0.1, 0.15) is 0 Å². The van der Waals surface area contributed by atoms with E-state index in [0.29, 0.717) is 18.4 Å². The molecule has 0 aliphatic heterocycles. The molecular formula is C18H22BrNO. The fourth-order valence-electron chi connectivity index (χ4n) is 2.21. The summed E-state index contributed by atoms with van der Waals surface area (Å²) in [5.41, 5.74) is 3.25. The number of hydrogen-bond acceptors (Lipinski definition) is 2. The molecule has 0 N–H and O–H groups in total. The lowest BCUT2D eigenvalue weighted by Gasteiger charge is -2.12. The average molecular weight is 348 g/mol. The third-order valence-corrected chi connectivity index (χ3v) is 3.91. The number of aryl methyl sites for hydroxylation is 1. The van der Waals surface area contributed by atoms with E-state index < -0.39 is 0 Å². The van der Waals surface area contributed by atoms with E-state index in [1.54, 1.807) is 0 Å². The summed E-state index contributed by atoms with van der Waals surface area (Å²) in [5.74, 6) is 1.39. The quantitative estimate of drug-likeness (QED) is 0.631. The van der Waals surface area contributed by atoms with Crippen LogP contribution in [0.2, 0.25) is 0 Å². The molecule has 3 heteroatoms. The van der Waals surface area contributed by atoms with E-state index in [2.05, 4.69) is 59.9 Å². The highest BCUT2D eigenvalue weighted by Crippen LogP contribution is 2.30. The van der Waals surface area contributed by atoms with Gasteiger partial charge in [-0.2, -0.15) is 0 Å². The first-order chi connectivity index (χ1) is 10.1. The number of benzene rings is 1. The lowest BCUT2D eigenvalue weighted by Crippen LogP contribution is -2.03. The molecule has 2 aromatic rings. The van der Waals surface area contributed by atoms with Crippen molar-refractivity contribution in [2.24, 2.45) is 5.92 Å². The molecule has 0 fully saturated rings. The zero-order valence-corrected chi connectivity index (χ0v) is 14.5. The summed E-state index contributed by atoms with van der Waals surface area (Å²) in [6.45, 7) is 7.24. The van der Waals surface area contributed by atoms with Gasteiger partial charge in [-0.15, -0.1) is 0 Å². The number of ether oxygens (including phenoxy) is 1. The van der Waals surface area contributed by atoms with Gasteiger partial charge in [0.25, 0.3) is 0 Å². The molecule has 2 rings (SSSR count). The van der Waals surface area contributed by atoms with Gasteiger partial charge in [0.05, 0.1) is 16.8 Å². The van der Waals surface area contributed by atoms with Crippen molar-refractivity contribution in [3.05, 3.63) is 46.4 Å². The maximum atomic E-state index is 5.85. The van der Waals surface area contributed by atoms with Crippen LogP contribution in [0.4, 0.5) is 0 Å². The Morgan fingerprint density at radius 3 is 2.57 bits per heavy atom. The molecule has 21 heavy (non-hydrogen) atoms. The van der Waals surface area contributed by atoms with Gasteiger partial charge in [-0.3, -0.25) is 0 Å². The lowest BCUT2D eigenvalue weighted by atomic mass is 10.1. The van der Waals surface area contributed by atoms with Crippen LogP contribution in [0.5, 0.6) is 5.88 Å². The fraction of sp³-hybridized carbons (Fsp3) is 0.389. The second kappa shape index (κ2) is 7.60. The van der Waals surface area contributed by atoms with Crippen LogP contribution in [-0.4, -0.2) is 11.6 Å². The van der Waals surface area contributed by atoms with E-state index in [-0.39, 0.29) is 0 Å². The lowest BCUT2D eigenvalue weighted by molar-refractivity contribution is 0.285. The summed E-state index contributed by atoms with van der Waals surface area (Å²) in [6, 6.07) is 12.3. The third kappa shape index (κ3) is 4.57. The highest BCUT2D eigenvalue weighted by molar-refractivity contribution is 9.10. The normalized spacial score (nSPS) is 10.9. The smallest absolute Gasteiger partial charge is 0.228 e. The summed E-state index contributed by atoms with van der Waals surface area (Å²) >= 11 is 3.55. The minimum atomic E-state index is 0.684. The predicted octanol–water partition coefficient (Wildman–Crippen LogP) is 5.63. The molecule has 0 radical (unpaired) electrons. The summed E-state index contributed by atoms with van der Waals surface area (Å²) in [7, 11) is 0. The second-order valence-electron chi connectivity index (χ2n) is 5.69. The summed E-state index contributed by atoms with van der Waals surface area (Å²) in [6.07, 6.45) is 2.23. The molecule has 0 aliphatic carbocycles. The van der Waals surface area contributed by atoms with Crippen LogP contribution in [-0.2, 0) is 0 Å². The monoisotopic (exact) mass is 347 g/mol. The minimum Gasteiger partial charge on any atom is -0.477 e. The molecule has 0 unspecified atom stereocenters. The van der Waals surface area contributed by atoms with Gasteiger partial charge in [-0.25, -0.2) is 4.98 Å². The largest absolute Gasteiger partial charge is 0.477 e. The zero-order chi connectivity index (χ0) is 15.2. The summed E-state index contributed by atoms with van der Waals surface area (Å²) in [4.78, 5) is 4.69. The van der Waals surface area contributed by atoms with Crippen LogP contribution >= 0.6 is 15.9 Å².